The minimum atomic E-state index is -0.0973. The van der Waals surface area contributed by atoms with Crippen molar-refractivity contribution in [1.29, 1.82) is 0 Å². The van der Waals surface area contributed by atoms with E-state index in [0.717, 1.165) is 70.8 Å². The molecule has 0 spiro atoms. The summed E-state index contributed by atoms with van der Waals surface area (Å²) in [4.78, 5) is 33.5. The first-order valence-corrected chi connectivity index (χ1v) is 12.1. The minimum absolute atomic E-state index is 0.0344. The van der Waals surface area contributed by atoms with E-state index < -0.39 is 0 Å². The molecule has 2 aliphatic rings. The molecule has 2 aliphatic heterocycles. The van der Waals surface area contributed by atoms with E-state index in [1.165, 1.54) is 5.56 Å². The van der Waals surface area contributed by atoms with E-state index in [1.54, 1.807) is 0 Å². The fourth-order valence-electron chi connectivity index (χ4n) is 4.59. The molecule has 32 heavy (non-hydrogen) atoms. The zero-order valence-electron chi connectivity index (χ0n) is 19.6. The number of carbonyl (C=O) groups excluding carboxylic acids is 2. The SMILES string of the molecule is CCNC(=NCC(=O)N1CCC(Cc2ccccc2)CC1)N1CCC(C(=O)OCC)CC1. The van der Waals surface area contributed by atoms with Crippen molar-refractivity contribution in [3.8, 4) is 0 Å². The predicted octanol–water partition coefficient (Wildman–Crippen LogP) is 2.71. The molecular weight excluding hydrogens is 404 g/mol. The van der Waals surface area contributed by atoms with Crippen LogP contribution in [0.15, 0.2) is 35.3 Å². The Morgan fingerprint density at radius 3 is 2.28 bits per heavy atom. The quantitative estimate of drug-likeness (QED) is 0.399. The topological polar surface area (TPSA) is 74.2 Å². The number of likely N-dealkylation sites (tertiary alicyclic amines) is 2. The number of hydrogen-bond donors (Lipinski definition) is 1. The number of guanidine groups is 1. The van der Waals surface area contributed by atoms with Gasteiger partial charge < -0.3 is 19.9 Å². The first kappa shape index (κ1) is 24.1. The van der Waals surface area contributed by atoms with Gasteiger partial charge in [-0.2, -0.15) is 0 Å². The van der Waals surface area contributed by atoms with Crippen molar-refractivity contribution in [2.24, 2.45) is 16.8 Å². The lowest BCUT2D eigenvalue weighted by Gasteiger charge is -2.34. The van der Waals surface area contributed by atoms with Gasteiger partial charge in [-0.1, -0.05) is 30.3 Å². The fourth-order valence-corrected chi connectivity index (χ4v) is 4.59. The highest BCUT2D eigenvalue weighted by atomic mass is 16.5. The summed E-state index contributed by atoms with van der Waals surface area (Å²) in [6.45, 7) is 8.32. The summed E-state index contributed by atoms with van der Waals surface area (Å²) in [7, 11) is 0. The zero-order valence-corrected chi connectivity index (χ0v) is 19.6. The third-order valence-electron chi connectivity index (χ3n) is 6.45. The van der Waals surface area contributed by atoms with Crippen LogP contribution in [0.25, 0.3) is 0 Å². The Balaban J connectivity index is 1.46. The van der Waals surface area contributed by atoms with E-state index in [4.69, 9.17) is 4.74 Å². The fraction of sp³-hybridized carbons (Fsp3) is 0.640. The summed E-state index contributed by atoms with van der Waals surface area (Å²) in [6, 6.07) is 10.6. The lowest BCUT2D eigenvalue weighted by Crippen LogP contribution is -2.47. The average molecular weight is 443 g/mol. The van der Waals surface area contributed by atoms with Crippen LogP contribution < -0.4 is 5.32 Å². The molecular formula is C25H38N4O3. The van der Waals surface area contributed by atoms with Gasteiger partial charge in [0.1, 0.15) is 6.54 Å². The van der Waals surface area contributed by atoms with Crippen LogP contribution in [-0.4, -0.2) is 73.5 Å². The molecule has 2 fully saturated rings. The average Bonchev–Trinajstić information content (AvgIpc) is 2.83. The van der Waals surface area contributed by atoms with Crippen molar-refractivity contribution in [2.45, 2.75) is 46.0 Å². The number of rotatable bonds is 7. The summed E-state index contributed by atoms with van der Waals surface area (Å²) >= 11 is 0. The van der Waals surface area contributed by atoms with Gasteiger partial charge in [-0.3, -0.25) is 9.59 Å². The van der Waals surface area contributed by atoms with Crippen LogP contribution in [0.4, 0.5) is 0 Å². The van der Waals surface area contributed by atoms with Crippen LogP contribution >= 0.6 is 0 Å². The highest BCUT2D eigenvalue weighted by molar-refractivity contribution is 5.85. The maximum atomic E-state index is 12.8. The number of carbonyl (C=O) groups is 2. The van der Waals surface area contributed by atoms with Gasteiger partial charge in [-0.05, 0) is 57.4 Å². The summed E-state index contributed by atoms with van der Waals surface area (Å²) < 4.78 is 5.16. The lowest BCUT2D eigenvalue weighted by molar-refractivity contribution is -0.149. The summed E-state index contributed by atoms with van der Waals surface area (Å²) in [6.07, 6.45) is 4.70. The molecule has 0 saturated carbocycles. The van der Waals surface area contributed by atoms with E-state index >= 15 is 0 Å². The molecule has 0 bridgehead atoms. The molecule has 1 amide bonds. The van der Waals surface area contributed by atoms with Crippen LogP contribution in [0.5, 0.6) is 0 Å². The van der Waals surface area contributed by atoms with E-state index in [2.05, 4.69) is 45.5 Å². The minimum Gasteiger partial charge on any atom is -0.466 e. The molecule has 0 aromatic heterocycles. The van der Waals surface area contributed by atoms with Crippen LogP contribution in [0, 0.1) is 11.8 Å². The lowest BCUT2D eigenvalue weighted by atomic mass is 9.90. The van der Waals surface area contributed by atoms with Crippen molar-refractivity contribution in [2.75, 3.05) is 45.9 Å². The summed E-state index contributed by atoms with van der Waals surface area (Å²) in [5.41, 5.74) is 1.38. The van der Waals surface area contributed by atoms with Crippen LogP contribution in [-0.2, 0) is 20.7 Å². The largest absolute Gasteiger partial charge is 0.466 e. The first-order chi connectivity index (χ1) is 15.6. The molecule has 3 rings (SSSR count). The van der Waals surface area contributed by atoms with Crippen LogP contribution in [0.1, 0.15) is 45.1 Å². The van der Waals surface area contributed by atoms with Gasteiger partial charge in [-0.15, -0.1) is 0 Å². The molecule has 1 aromatic carbocycles. The van der Waals surface area contributed by atoms with Gasteiger partial charge in [0, 0.05) is 32.7 Å². The van der Waals surface area contributed by atoms with Crippen molar-refractivity contribution in [3.05, 3.63) is 35.9 Å². The normalized spacial score (nSPS) is 18.5. The Labute approximate surface area is 192 Å². The summed E-state index contributed by atoms with van der Waals surface area (Å²) in [5.74, 6) is 1.37. The number of aliphatic imine (C=N–C) groups is 1. The third-order valence-corrected chi connectivity index (χ3v) is 6.45. The molecule has 176 valence electrons. The van der Waals surface area contributed by atoms with Gasteiger partial charge in [0.25, 0.3) is 0 Å². The molecule has 0 atom stereocenters. The summed E-state index contributed by atoms with van der Waals surface area (Å²) in [5, 5.41) is 3.30. The van der Waals surface area contributed by atoms with E-state index in [-0.39, 0.29) is 24.3 Å². The maximum absolute atomic E-state index is 12.8. The molecule has 2 heterocycles. The Morgan fingerprint density at radius 1 is 1.00 bits per heavy atom. The number of amides is 1. The maximum Gasteiger partial charge on any atom is 0.309 e. The van der Waals surface area contributed by atoms with Crippen molar-refractivity contribution in [1.82, 2.24) is 15.1 Å². The van der Waals surface area contributed by atoms with Crippen molar-refractivity contribution >= 4 is 17.8 Å². The van der Waals surface area contributed by atoms with Gasteiger partial charge >= 0.3 is 5.97 Å². The zero-order chi connectivity index (χ0) is 22.8. The van der Waals surface area contributed by atoms with Crippen LogP contribution in [0.3, 0.4) is 0 Å². The molecule has 7 nitrogen and oxygen atoms in total. The standard InChI is InChI=1S/C25H38N4O3/c1-3-26-25(29-16-12-22(13-17-29)24(31)32-4-2)27-19-23(30)28-14-10-21(11-15-28)18-20-8-6-5-7-9-20/h5-9,21-22H,3-4,10-19H2,1-2H3,(H,26,27). The Hall–Kier alpha value is -2.57. The molecule has 1 aromatic rings. The molecule has 1 N–H and O–H groups in total. The number of piperidine rings is 2. The number of hydrogen-bond acceptors (Lipinski definition) is 4. The smallest absolute Gasteiger partial charge is 0.309 e. The Kier molecular flexibility index (Phi) is 9.38. The second-order valence-electron chi connectivity index (χ2n) is 8.70. The monoisotopic (exact) mass is 442 g/mol. The van der Waals surface area contributed by atoms with E-state index in [0.29, 0.717) is 12.5 Å². The van der Waals surface area contributed by atoms with Crippen LogP contribution in [0.2, 0.25) is 0 Å². The number of esters is 1. The van der Waals surface area contributed by atoms with Gasteiger partial charge in [0.2, 0.25) is 5.91 Å². The van der Waals surface area contributed by atoms with Gasteiger partial charge in [0.15, 0.2) is 5.96 Å². The molecule has 2 saturated heterocycles. The predicted molar refractivity (Wildman–Crippen MR) is 126 cm³/mol. The molecule has 0 aliphatic carbocycles. The number of benzene rings is 1. The molecule has 7 heteroatoms. The number of nitrogens with one attached hydrogen (secondary N) is 1. The number of ether oxygens (including phenoxy) is 1. The van der Waals surface area contributed by atoms with Gasteiger partial charge in [0.05, 0.1) is 12.5 Å². The first-order valence-electron chi connectivity index (χ1n) is 12.1. The van der Waals surface area contributed by atoms with E-state index in [1.807, 2.05) is 18.7 Å². The van der Waals surface area contributed by atoms with Gasteiger partial charge in [-0.25, -0.2) is 4.99 Å². The Morgan fingerprint density at radius 2 is 1.66 bits per heavy atom. The number of nitrogens with zero attached hydrogens (tertiary/aromatic N) is 3. The highest BCUT2D eigenvalue weighted by Crippen LogP contribution is 2.22. The van der Waals surface area contributed by atoms with E-state index in [9.17, 15) is 9.59 Å². The molecule has 0 unspecified atom stereocenters. The Bertz CT molecular complexity index is 752. The third kappa shape index (κ3) is 6.97. The highest BCUT2D eigenvalue weighted by Gasteiger charge is 2.28. The van der Waals surface area contributed by atoms with Crippen molar-refractivity contribution in [3.63, 3.8) is 0 Å². The van der Waals surface area contributed by atoms with Crippen molar-refractivity contribution < 1.29 is 14.3 Å². The second kappa shape index (κ2) is 12.5. The molecule has 0 radical (unpaired) electrons. The second-order valence-corrected chi connectivity index (χ2v) is 8.70.